The molecule has 0 saturated heterocycles. The number of ether oxygens (including phenoxy) is 2. The van der Waals surface area contributed by atoms with Crippen LogP contribution in [-0.2, 0) is 4.79 Å². The van der Waals surface area contributed by atoms with Gasteiger partial charge in [-0.2, -0.15) is 0 Å². The summed E-state index contributed by atoms with van der Waals surface area (Å²) < 4.78 is 10.7. The zero-order chi connectivity index (χ0) is 19.8. The molecule has 0 radical (unpaired) electrons. The Balaban J connectivity index is 1.95. The molecule has 2 aromatic carbocycles. The Morgan fingerprint density at radius 3 is 2.04 bits per heavy atom. The molecule has 0 aliphatic rings. The monoisotopic (exact) mass is 370 g/mol. The number of anilines is 1. The van der Waals surface area contributed by atoms with E-state index in [1.54, 1.807) is 67.5 Å². The third-order valence-electron chi connectivity index (χ3n) is 4.19. The zero-order valence-corrected chi connectivity index (χ0v) is 16.2. The van der Waals surface area contributed by atoms with E-state index in [-0.39, 0.29) is 11.8 Å². The Kier molecular flexibility index (Phi) is 7.23. The van der Waals surface area contributed by atoms with Crippen molar-refractivity contribution >= 4 is 17.5 Å². The Hall–Kier alpha value is -3.02. The molecule has 2 amide bonds. The van der Waals surface area contributed by atoms with Crippen molar-refractivity contribution < 1.29 is 19.1 Å². The molecule has 144 valence electrons. The van der Waals surface area contributed by atoms with Gasteiger partial charge in [-0.15, -0.1) is 0 Å². The molecule has 2 rings (SSSR count). The molecule has 0 fully saturated rings. The maximum atomic E-state index is 12.3. The van der Waals surface area contributed by atoms with Gasteiger partial charge in [0, 0.05) is 24.3 Å². The van der Waals surface area contributed by atoms with Crippen molar-refractivity contribution in [3.63, 3.8) is 0 Å². The molecule has 0 saturated carbocycles. The Morgan fingerprint density at radius 1 is 0.963 bits per heavy atom. The Bertz CT molecular complexity index is 753. The van der Waals surface area contributed by atoms with Crippen LogP contribution in [0.15, 0.2) is 48.5 Å². The van der Waals surface area contributed by atoms with Crippen LogP contribution in [0.25, 0.3) is 0 Å². The van der Waals surface area contributed by atoms with Crippen LogP contribution < -0.4 is 14.8 Å². The van der Waals surface area contributed by atoms with Crippen molar-refractivity contribution in [1.29, 1.82) is 0 Å². The van der Waals surface area contributed by atoms with E-state index in [2.05, 4.69) is 5.32 Å². The van der Waals surface area contributed by atoms with Gasteiger partial charge in [0.05, 0.1) is 7.11 Å². The van der Waals surface area contributed by atoms with Gasteiger partial charge in [-0.3, -0.25) is 9.59 Å². The van der Waals surface area contributed by atoms with Gasteiger partial charge in [-0.1, -0.05) is 0 Å². The van der Waals surface area contributed by atoms with Gasteiger partial charge in [0.1, 0.15) is 11.5 Å². The van der Waals surface area contributed by atoms with E-state index >= 15 is 0 Å². The van der Waals surface area contributed by atoms with E-state index < -0.39 is 6.10 Å². The second kappa shape index (κ2) is 9.62. The molecule has 0 aromatic heterocycles. The first-order valence-electron chi connectivity index (χ1n) is 8.99. The number of benzene rings is 2. The van der Waals surface area contributed by atoms with E-state index in [4.69, 9.17) is 9.47 Å². The van der Waals surface area contributed by atoms with Crippen LogP contribution >= 0.6 is 0 Å². The quantitative estimate of drug-likeness (QED) is 0.771. The molecule has 1 unspecified atom stereocenters. The predicted octanol–water partition coefficient (Wildman–Crippen LogP) is 3.58. The van der Waals surface area contributed by atoms with E-state index in [0.29, 0.717) is 30.1 Å². The number of nitrogens with one attached hydrogen (secondary N) is 1. The average Bonchev–Trinajstić information content (AvgIpc) is 2.70. The molecule has 1 atom stereocenters. The molecule has 2 aromatic rings. The Labute approximate surface area is 160 Å². The summed E-state index contributed by atoms with van der Waals surface area (Å²) in [7, 11) is 1.59. The molecule has 1 N–H and O–H groups in total. The highest BCUT2D eigenvalue weighted by Crippen LogP contribution is 2.19. The van der Waals surface area contributed by atoms with E-state index in [1.807, 2.05) is 13.8 Å². The molecule has 0 aliphatic heterocycles. The van der Waals surface area contributed by atoms with Crippen LogP contribution in [-0.4, -0.2) is 43.0 Å². The first-order chi connectivity index (χ1) is 13.0. The van der Waals surface area contributed by atoms with Crippen molar-refractivity contribution in [1.82, 2.24) is 4.90 Å². The molecule has 0 heterocycles. The smallest absolute Gasteiger partial charge is 0.265 e. The molecule has 6 nitrogen and oxygen atoms in total. The SMILES string of the molecule is CCN(CC)C(=O)c1ccc(NC(=O)C(C)Oc2ccc(OC)cc2)cc1. The summed E-state index contributed by atoms with van der Waals surface area (Å²) >= 11 is 0. The molecule has 6 heteroatoms. The Morgan fingerprint density at radius 2 is 1.52 bits per heavy atom. The predicted molar refractivity (Wildman–Crippen MR) is 105 cm³/mol. The zero-order valence-electron chi connectivity index (χ0n) is 16.2. The molecule has 27 heavy (non-hydrogen) atoms. The molecule has 0 aliphatic carbocycles. The van der Waals surface area contributed by atoms with Crippen LogP contribution in [0.2, 0.25) is 0 Å². The fourth-order valence-electron chi connectivity index (χ4n) is 2.55. The van der Waals surface area contributed by atoms with Crippen LogP contribution in [0.5, 0.6) is 11.5 Å². The van der Waals surface area contributed by atoms with Crippen molar-refractivity contribution in [2.45, 2.75) is 26.9 Å². The number of carbonyl (C=O) groups is 2. The largest absolute Gasteiger partial charge is 0.497 e. The van der Waals surface area contributed by atoms with Crippen LogP contribution in [0.4, 0.5) is 5.69 Å². The minimum absolute atomic E-state index is 0.0194. The summed E-state index contributed by atoms with van der Waals surface area (Å²) in [6, 6.07) is 13.9. The normalized spacial score (nSPS) is 11.4. The number of rotatable bonds is 8. The van der Waals surface area contributed by atoms with Crippen molar-refractivity contribution in [3.8, 4) is 11.5 Å². The highest BCUT2D eigenvalue weighted by atomic mass is 16.5. The van der Waals surface area contributed by atoms with Gasteiger partial charge in [0.2, 0.25) is 0 Å². The maximum Gasteiger partial charge on any atom is 0.265 e. The number of hydrogen-bond donors (Lipinski definition) is 1. The lowest BCUT2D eigenvalue weighted by atomic mass is 10.1. The number of amides is 2. The maximum absolute atomic E-state index is 12.3. The lowest BCUT2D eigenvalue weighted by molar-refractivity contribution is -0.122. The summed E-state index contributed by atoms with van der Waals surface area (Å²) in [5, 5.41) is 2.79. The highest BCUT2D eigenvalue weighted by molar-refractivity contribution is 5.96. The number of nitrogens with zero attached hydrogens (tertiary/aromatic N) is 1. The molecular weight excluding hydrogens is 344 g/mol. The second-order valence-electron chi connectivity index (χ2n) is 5.98. The van der Waals surface area contributed by atoms with E-state index in [1.165, 1.54) is 0 Å². The molecular formula is C21H26N2O4. The van der Waals surface area contributed by atoms with Crippen LogP contribution in [0, 0.1) is 0 Å². The lowest BCUT2D eigenvalue weighted by Crippen LogP contribution is -2.31. The third-order valence-corrected chi connectivity index (χ3v) is 4.19. The summed E-state index contributed by atoms with van der Waals surface area (Å²) in [4.78, 5) is 26.4. The first kappa shape index (κ1) is 20.3. The van der Waals surface area contributed by atoms with Gasteiger partial charge in [0.15, 0.2) is 6.10 Å². The van der Waals surface area contributed by atoms with Gasteiger partial charge in [-0.05, 0) is 69.3 Å². The number of carbonyl (C=O) groups excluding carboxylic acids is 2. The number of methoxy groups -OCH3 is 1. The van der Waals surface area contributed by atoms with Gasteiger partial charge in [0.25, 0.3) is 11.8 Å². The summed E-state index contributed by atoms with van der Waals surface area (Å²) in [6.07, 6.45) is -0.671. The lowest BCUT2D eigenvalue weighted by Gasteiger charge is -2.19. The second-order valence-corrected chi connectivity index (χ2v) is 5.98. The van der Waals surface area contributed by atoms with Gasteiger partial charge in [-0.25, -0.2) is 0 Å². The third kappa shape index (κ3) is 5.48. The molecule has 0 bridgehead atoms. The standard InChI is InChI=1S/C21H26N2O4/c1-5-23(6-2)21(25)16-7-9-17(10-8-16)22-20(24)15(3)27-19-13-11-18(26-4)12-14-19/h7-15H,5-6H2,1-4H3,(H,22,24). The minimum atomic E-state index is -0.671. The minimum Gasteiger partial charge on any atom is -0.497 e. The highest BCUT2D eigenvalue weighted by Gasteiger charge is 2.16. The summed E-state index contributed by atoms with van der Waals surface area (Å²) in [6.45, 7) is 6.89. The van der Waals surface area contributed by atoms with Gasteiger partial charge >= 0.3 is 0 Å². The fourth-order valence-corrected chi connectivity index (χ4v) is 2.55. The summed E-state index contributed by atoms with van der Waals surface area (Å²) in [5.41, 5.74) is 1.21. The first-order valence-corrected chi connectivity index (χ1v) is 8.99. The van der Waals surface area contributed by atoms with Crippen molar-refractivity contribution in [2.24, 2.45) is 0 Å². The number of hydrogen-bond acceptors (Lipinski definition) is 4. The van der Waals surface area contributed by atoms with Gasteiger partial charge < -0.3 is 19.7 Å². The van der Waals surface area contributed by atoms with Crippen LogP contribution in [0.1, 0.15) is 31.1 Å². The molecule has 0 spiro atoms. The average molecular weight is 370 g/mol. The fraction of sp³-hybridized carbons (Fsp3) is 0.333. The van der Waals surface area contributed by atoms with E-state index in [0.717, 1.165) is 5.75 Å². The van der Waals surface area contributed by atoms with Crippen LogP contribution in [0.3, 0.4) is 0 Å². The van der Waals surface area contributed by atoms with Crippen molar-refractivity contribution in [2.75, 3.05) is 25.5 Å². The topological polar surface area (TPSA) is 67.9 Å². The van der Waals surface area contributed by atoms with E-state index in [9.17, 15) is 9.59 Å². The van der Waals surface area contributed by atoms with Crippen molar-refractivity contribution in [3.05, 3.63) is 54.1 Å². The summed E-state index contributed by atoms with van der Waals surface area (Å²) in [5.74, 6) is 1.01.